The zero-order valence-electron chi connectivity index (χ0n) is 54.8. The summed E-state index contributed by atoms with van der Waals surface area (Å²) in [7, 11) is 0. The van der Waals surface area contributed by atoms with Crippen molar-refractivity contribution in [2.45, 2.75) is 418 Å². The number of rotatable bonds is 69. The molecule has 0 radical (unpaired) electrons. The Kier molecular flexibility index (Phi) is 68.9. The first-order valence-electron chi connectivity index (χ1n) is 36.8. The van der Waals surface area contributed by atoms with Gasteiger partial charge in [-0.15, -0.1) is 0 Å². The maximum atomic E-state index is 12.5. The lowest BCUT2D eigenvalue weighted by Gasteiger charge is -2.20. The Hall–Kier alpha value is -1.92. The number of aliphatic hydroxyl groups excluding tert-OH is 2. The van der Waals surface area contributed by atoms with E-state index in [1.54, 1.807) is 6.08 Å². The van der Waals surface area contributed by atoms with Crippen molar-refractivity contribution >= 4 is 11.9 Å². The van der Waals surface area contributed by atoms with Gasteiger partial charge in [-0.05, 0) is 64.2 Å². The second-order valence-corrected chi connectivity index (χ2v) is 25.3. The molecular weight excluding hydrogens is 995 g/mol. The second kappa shape index (κ2) is 70.6. The first kappa shape index (κ1) is 79.1. The average Bonchev–Trinajstić information content (AvgIpc) is 3.47. The summed E-state index contributed by atoms with van der Waals surface area (Å²) in [4.78, 5) is 24.6. The lowest BCUT2D eigenvalue weighted by Crippen LogP contribution is -2.45. The summed E-state index contributed by atoms with van der Waals surface area (Å²) >= 11 is 0. The SMILES string of the molecule is CCCCC/C=C\C/C=C\CCCCCCCCCCCC(=O)OCCCCCCCCCCCCCCCCCCCCCCCCCCCCCCCCCC(=O)NC(CO)C(O)/C=C/CCCCCCCCCCCCCC. The third-order valence-electron chi connectivity index (χ3n) is 17.2. The summed E-state index contributed by atoms with van der Waals surface area (Å²) in [6.45, 7) is 4.91. The molecule has 81 heavy (non-hydrogen) atoms. The van der Waals surface area contributed by atoms with Crippen molar-refractivity contribution in [1.29, 1.82) is 0 Å². The maximum Gasteiger partial charge on any atom is 0.305 e. The van der Waals surface area contributed by atoms with E-state index >= 15 is 0 Å². The van der Waals surface area contributed by atoms with Gasteiger partial charge in [0, 0.05) is 12.8 Å². The molecule has 0 aromatic rings. The zero-order chi connectivity index (χ0) is 58.5. The largest absolute Gasteiger partial charge is 0.466 e. The number of hydrogen-bond donors (Lipinski definition) is 3. The number of nitrogens with one attached hydrogen (secondary N) is 1. The summed E-state index contributed by atoms with van der Waals surface area (Å²) in [6, 6.07) is -0.624. The number of unbranched alkanes of at least 4 members (excludes halogenated alkanes) is 54. The molecule has 0 aliphatic heterocycles. The van der Waals surface area contributed by atoms with Crippen LogP contribution in [0.2, 0.25) is 0 Å². The highest BCUT2D eigenvalue weighted by Crippen LogP contribution is 2.19. The van der Waals surface area contributed by atoms with Crippen LogP contribution in [0, 0.1) is 0 Å². The highest BCUT2D eigenvalue weighted by atomic mass is 16.5. The van der Waals surface area contributed by atoms with Crippen molar-refractivity contribution < 1.29 is 24.5 Å². The summed E-state index contributed by atoms with van der Waals surface area (Å²) in [5.41, 5.74) is 0. The Balaban J connectivity index is 3.32. The van der Waals surface area contributed by atoms with Crippen LogP contribution in [0.15, 0.2) is 36.5 Å². The van der Waals surface area contributed by atoms with Gasteiger partial charge < -0.3 is 20.3 Å². The lowest BCUT2D eigenvalue weighted by atomic mass is 10.0. The Morgan fingerprint density at radius 1 is 0.346 bits per heavy atom. The molecule has 0 aromatic heterocycles. The minimum atomic E-state index is -0.841. The van der Waals surface area contributed by atoms with Gasteiger partial charge in [-0.3, -0.25) is 9.59 Å². The lowest BCUT2D eigenvalue weighted by molar-refractivity contribution is -0.143. The third-order valence-corrected chi connectivity index (χ3v) is 17.2. The number of allylic oxidation sites excluding steroid dienone is 5. The molecule has 2 atom stereocenters. The smallest absolute Gasteiger partial charge is 0.305 e. The minimum Gasteiger partial charge on any atom is -0.466 e. The number of amides is 1. The van der Waals surface area contributed by atoms with E-state index in [-0.39, 0.29) is 18.5 Å². The molecule has 0 aliphatic rings. The van der Waals surface area contributed by atoms with Crippen LogP contribution in [0.4, 0.5) is 0 Å². The second-order valence-electron chi connectivity index (χ2n) is 25.3. The van der Waals surface area contributed by atoms with Crippen LogP contribution in [0.5, 0.6) is 0 Å². The van der Waals surface area contributed by atoms with Gasteiger partial charge in [0.15, 0.2) is 0 Å². The number of hydrogen-bond acceptors (Lipinski definition) is 5. The van der Waals surface area contributed by atoms with Crippen molar-refractivity contribution in [3.63, 3.8) is 0 Å². The van der Waals surface area contributed by atoms with Gasteiger partial charge in [0.1, 0.15) is 0 Å². The molecule has 0 aliphatic carbocycles. The van der Waals surface area contributed by atoms with Gasteiger partial charge in [-0.1, -0.05) is 365 Å². The molecule has 0 saturated carbocycles. The molecule has 0 fully saturated rings. The number of aliphatic hydroxyl groups is 2. The van der Waals surface area contributed by atoms with Gasteiger partial charge >= 0.3 is 5.97 Å². The Morgan fingerprint density at radius 2 is 0.617 bits per heavy atom. The molecule has 0 saturated heterocycles. The van der Waals surface area contributed by atoms with Gasteiger partial charge in [-0.25, -0.2) is 0 Å². The molecule has 6 nitrogen and oxygen atoms in total. The van der Waals surface area contributed by atoms with Crippen LogP contribution < -0.4 is 5.32 Å². The summed E-state index contributed by atoms with van der Waals surface area (Å²) < 4.78 is 5.51. The van der Waals surface area contributed by atoms with E-state index in [0.717, 1.165) is 51.4 Å². The van der Waals surface area contributed by atoms with Gasteiger partial charge in [0.25, 0.3) is 0 Å². The fourth-order valence-electron chi connectivity index (χ4n) is 11.6. The first-order chi connectivity index (χ1) is 40.0. The molecule has 0 aromatic carbocycles. The molecule has 3 N–H and O–H groups in total. The zero-order valence-corrected chi connectivity index (χ0v) is 54.8. The molecule has 0 spiro atoms. The number of carbonyl (C=O) groups is 2. The summed E-state index contributed by atoms with van der Waals surface area (Å²) in [5, 5.41) is 23.2. The fraction of sp³-hybridized carbons (Fsp3) is 0.893. The van der Waals surface area contributed by atoms with E-state index < -0.39 is 12.1 Å². The molecular formula is C75H143NO5. The van der Waals surface area contributed by atoms with Crippen LogP contribution >= 0.6 is 0 Å². The number of carbonyl (C=O) groups excluding carboxylic acids is 2. The van der Waals surface area contributed by atoms with Crippen molar-refractivity contribution in [1.82, 2.24) is 5.32 Å². The van der Waals surface area contributed by atoms with Crippen LogP contribution in [0.1, 0.15) is 406 Å². The van der Waals surface area contributed by atoms with Gasteiger partial charge in [0.2, 0.25) is 5.91 Å². The normalized spacial score (nSPS) is 12.7. The Morgan fingerprint density at radius 3 is 0.963 bits per heavy atom. The third kappa shape index (κ3) is 67.1. The molecule has 0 heterocycles. The standard InChI is InChI=1S/C75H143NO5/c1-3-5-7-9-11-13-15-17-19-20-34-38-41-45-49-53-57-61-65-69-75(80)81-70-66-62-58-54-50-46-42-39-36-33-31-29-27-25-23-21-22-24-26-28-30-32-35-37-40-44-48-52-56-60-64-68-74(79)76-72(71-77)73(78)67-63-59-55-51-47-43-18-16-14-12-10-8-6-4-2/h11,13,17,19,63,67,72-73,77-78H,3-10,12,14-16,18,20-62,64-66,68-71H2,1-2H3,(H,76,79)/b13-11-,19-17-,67-63+. The number of esters is 1. The minimum absolute atomic E-state index is 0.0171. The number of ether oxygens (including phenoxy) is 1. The highest BCUT2D eigenvalue weighted by Gasteiger charge is 2.18. The topological polar surface area (TPSA) is 95.9 Å². The van der Waals surface area contributed by atoms with E-state index in [0.29, 0.717) is 19.4 Å². The van der Waals surface area contributed by atoms with Crippen LogP contribution in [0.25, 0.3) is 0 Å². The monoisotopic (exact) mass is 1140 g/mol. The first-order valence-corrected chi connectivity index (χ1v) is 36.8. The predicted octanol–water partition coefficient (Wildman–Crippen LogP) is 23.9. The molecule has 0 bridgehead atoms. The van der Waals surface area contributed by atoms with Crippen molar-refractivity contribution in [3.8, 4) is 0 Å². The van der Waals surface area contributed by atoms with Gasteiger partial charge in [-0.2, -0.15) is 0 Å². The Bertz CT molecular complexity index is 1310. The molecule has 2 unspecified atom stereocenters. The van der Waals surface area contributed by atoms with Crippen molar-refractivity contribution in [2.75, 3.05) is 13.2 Å². The Labute approximate surface area is 506 Å². The predicted molar refractivity (Wildman–Crippen MR) is 356 cm³/mol. The van der Waals surface area contributed by atoms with E-state index in [9.17, 15) is 19.8 Å². The molecule has 1 amide bonds. The van der Waals surface area contributed by atoms with Crippen LogP contribution in [-0.2, 0) is 14.3 Å². The quantitative estimate of drug-likeness (QED) is 0.0320. The van der Waals surface area contributed by atoms with Gasteiger partial charge in [0.05, 0.1) is 25.4 Å². The molecule has 0 rings (SSSR count). The maximum absolute atomic E-state index is 12.5. The summed E-state index contributed by atoms with van der Waals surface area (Å²) in [5.74, 6) is -0.0447. The highest BCUT2D eigenvalue weighted by molar-refractivity contribution is 5.76. The molecule has 6 heteroatoms. The van der Waals surface area contributed by atoms with E-state index in [2.05, 4.69) is 43.5 Å². The summed E-state index contributed by atoms with van der Waals surface area (Å²) in [6.07, 6.45) is 91.0. The van der Waals surface area contributed by atoms with Crippen molar-refractivity contribution in [3.05, 3.63) is 36.5 Å². The van der Waals surface area contributed by atoms with Crippen LogP contribution in [-0.4, -0.2) is 47.4 Å². The van der Waals surface area contributed by atoms with E-state index in [1.807, 2.05) is 6.08 Å². The fourth-order valence-corrected chi connectivity index (χ4v) is 11.6. The van der Waals surface area contributed by atoms with E-state index in [1.165, 1.54) is 327 Å². The van der Waals surface area contributed by atoms with E-state index in [4.69, 9.17) is 4.74 Å². The average molecular weight is 1140 g/mol. The molecule has 478 valence electrons. The van der Waals surface area contributed by atoms with Crippen LogP contribution in [0.3, 0.4) is 0 Å². The van der Waals surface area contributed by atoms with Crippen molar-refractivity contribution in [2.24, 2.45) is 0 Å².